The molecule has 1 saturated carbocycles. The molecule has 0 unspecified atom stereocenters. The average Bonchev–Trinajstić information content (AvgIpc) is 3.00. The van der Waals surface area contributed by atoms with E-state index in [1.54, 1.807) is 0 Å². The average molecular weight is 220 g/mol. The molecule has 0 saturated heterocycles. The molecule has 0 aromatic heterocycles. The van der Waals surface area contributed by atoms with Gasteiger partial charge in [-0.05, 0) is 37.5 Å². The third-order valence-corrected chi connectivity index (χ3v) is 3.25. The highest BCUT2D eigenvalue weighted by Crippen LogP contribution is 2.39. The first-order chi connectivity index (χ1) is 7.59. The molecule has 3 nitrogen and oxygen atoms in total. The molecule has 16 heavy (non-hydrogen) atoms. The van der Waals surface area contributed by atoms with Crippen LogP contribution in [0.5, 0.6) is 5.75 Å². The molecule has 1 aliphatic carbocycles. The van der Waals surface area contributed by atoms with E-state index in [9.17, 15) is 4.79 Å². The number of hydrogen-bond acceptors (Lipinski definition) is 2. The lowest BCUT2D eigenvalue weighted by atomic mass is 10.1. The first kappa shape index (κ1) is 11.0. The van der Waals surface area contributed by atoms with Crippen molar-refractivity contribution in [2.24, 2.45) is 11.8 Å². The van der Waals surface area contributed by atoms with Gasteiger partial charge >= 0.3 is 5.97 Å². The summed E-state index contributed by atoms with van der Waals surface area (Å²) in [5, 5.41) is 8.76. The fraction of sp³-hybridized carbons (Fsp3) is 0.462. The zero-order valence-electron chi connectivity index (χ0n) is 9.56. The van der Waals surface area contributed by atoms with E-state index in [0.717, 1.165) is 17.7 Å². The molecule has 1 aromatic rings. The molecule has 0 amide bonds. The SMILES string of the molecule is Cc1cccc(OC[C@@H]2C[C@H]2C(=O)O)c1C. The minimum Gasteiger partial charge on any atom is -0.493 e. The topological polar surface area (TPSA) is 46.5 Å². The Morgan fingerprint density at radius 3 is 2.88 bits per heavy atom. The number of carboxylic acids is 1. The number of rotatable bonds is 4. The number of aryl methyl sites for hydroxylation is 1. The highest BCUT2D eigenvalue weighted by molar-refractivity contribution is 5.73. The third kappa shape index (κ3) is 2.18. The van der Waals surface area contributed by atoms with Crippen LogP contribution in [0.15, 0.2) is 18.2 Å². The molecule has 2 atom stereocenters. The Labute approximate surface area is 95.0 Å². The van der Waals surface area contributed by atoms with E-state index >= 15 is 0 Å². The van der Waals surface area contributed by atoms with Crippen LogP contribution >= 0.6 is 0 Å². The molecule has 3 heteroatoms. The molecule has 0 heterocycles. The fourth-order valence-electron chi connectivity index (χ4n) is 1.81. The van der Waals surface area contributed by atoms with Crippen LogP contribution in [0.2, 0.25) is 0 Å². The number of aliphatic carboxylic acids is 1. The Hall–Kier alpha value is -1.51. The Kier molecular flexibility index (Phi) is 2.86. The second kappa shape index (κ2) is 4.16. The number of carboxylic acid groups (broad SMARTS) is 1. The van der Waals surface area contributed by atoms with E-state index in [-0.39, 0.29) is 11.8 Å². The van der Waals surface area contributed by atoms with Crippen LogP contribution in [-0.4, -0.2) is 17.7 Å². The second-order valence-electron chi connectivity index (χ2n) is 4.45. The van der Waals surface area contributed by atoms with Gasteiger partial charge in [0, 0.05) is 5.92 Å². The molecule has 1 aliphatic rings. The monoisotopic (exact) mass is 220 g/mol. The molecular formula is C13H16O3. The zero-order chi connectivity index (χ0) is 11.7. The summed E-state index contributed by atoms with van der Waals surface area (Å²) in [6.45, 7) is 4.58. The van der Waals surface area contributed by atoms with Gasteiger partial charge in [-0.1, -0.05) is 12.1 Å². The molecule has 86 valence electrons. The number of carbonyl (C=O) groups is 1. The van der Waals surface area contributed by atoms with Crippen molar-refractivity contribution in [1.82, 2.24) is 0 Å². The van der Waals surface area contributed by atoms with Crippen LogP contribution in [0.3, 0.4) is 0 Å². The quantitative estimate of drug-likeness (QED) is 0.847. The standard InChI is InChI=1S/C13H16O3/c1-8-4-3-5-12(9(8)2)16-7-10-6-11(10)13(14)15/h3-5,10-11H,6-7H2,1-2H3,(H,14,15)/t10-,11+/m0/s1. The van der Waals surface area contributed by atoms with Gasteiger partial charge in [0.15, 0.2) is 0 Å². The van der Waals surface area contributed by atoms with Crippen LogP contribution in [0.25, 0.3) is 0 Å². The van der Waals surface area contributed by atoms with Gasteiger partial charge in [0.05, 0.1) is 12.5 Å². The molecular weight excluding hydrogens is 204 g/mol. The van der Waals surface area contributed by atoms with Crippen molar-refractivity contribution in [3.8, 4) is 5.75 Å². The van der Waals surface area contributed by atoms with Crippen molar-refractivity contribution in [3.63, 3.8) is 0 Å². The highest BCUT2D eigenvalue weighted by Gasteiger charge is 2.43. The molecule has 0 radical (unpaired) electrons. The third-order valence-electron chi connectivity index (χ3n) is 3.25. The lowest BCUT2D eigenvalue weighted by molar-refractivity contribution is -0.138. The Morgan fingerprint density at radius 1 is 1.50 bits per heavy atom. The minimum absolute atomic E-state index is 0.190. The first-order valence-electron chi connectivity index (χ1n) is 5.51. The van der Waals surface area contributed by atoms with Gasteiger partial charge in [0.25, 0.3) is 0 Å². The van der Waals surface area contributed by atoms with E-state index < -0.39 is 5.97 Å². The normalized spacial score (nSPS) is 22.9. The molecule has 0 bridgehead atoms. The largest absolute Gasteiger partial charge is 0.493 e. The van der Waals surface area contributed by atoms with Gasteiger partial charge in [0.1, 0.15) is 5.75 Å². The summed E-state index contributed by atoms with van der Waals surface area (Å²) >= 11 is 0. The lowest BCUT2D eigenvalue weighted by Gasteiger charge is -2.10. The van der Waals surface area contributed by atoms with Crippen LogP contribution in [0.1, 0.15) is 17.5 Å². The van der Waals surface area contributed by atoms with Crippen LogP contribution in [0, 0.1) is 25.7 Å². The lowest BCUT2D eigenvalue weighted by Crippen LogP contribution is -2.07. The van der Waals surface area contributed by atoms with Gasteiger partial charge in [-0.2, -0.15) is 0 Å². The van der Waals surface area contributed by atoms with Crippen LogP contribution in [0.4, 0.5) is 0 Å². The fourth-order valence-corrected chi connectivity index (χ4v) is 1.81. The summed E-state index contributed by atoms with van der Waals surface area (Å²) in [6.07, 6.45) is 0.750. The van der Waals surface area contributed by atoms with E-state index in [1.807, 2.05) is 32.0 Å². The maximum Gasteiger partial charge on any atom is 0.306 e. The van der Waals surface area contributed by atoms with Crippen LogP contribution in [-0.2, 0) is 4.79 Å². The smallest absolute Gasteiger partial charge is 0.306 e. The summed E-state index contributed by atoms with van der Waals surface area (Å²) in [4.78, 5) is 10.6. The Bertz CT molecular complexity index is 412. The van der Waals surface area contributed by atoms with Gasteiger partial charge in [-0.3, -0.25) is 4.79 Å². The van der Waals surface area contributed by atoms with Crippen molar-refractivity contribution in [2.75, 3.05) is 6.61 Å². The maximum absolute atomic E-state index is 10.6. The highest BCUT2D eigenvalue weighted by atomic mass is 16.5. The second-order valence-corrected chi connectivity index (χ2v) is 4.45. The summed E-state index contributed by atoms with van der Waals surface area (Å²) in [5.41, 5.74) is 2.33. The molecule has 1 N–H and O–H groups in total. The summed E-state index contributed by atoms with van der Waals surface area (Å²) < 4.78 is 5.66. The van der Waals surface area contributed by atoms with E-state index in [2.05, 4.69) is 0 Å². The molecule has 2 rings (SSSR count). The summed E-state index contributed by atoms with van der Waals surface area (Å²) in [7, 11) is 0. The number of hydrogen-bond donors (Lipinski definition) is 1. The maximum atomic E-state index is 10.6. The predicted molar refractivity (Wildman–Crippen MR) is 60.6 cm³/mol. The van der Waals surface area contributed by atoms with Gasteiger partial charge < -0.3 is 9.84 Å². The Morgan fingerprint density at radius 2 is 2.25 bits per heavy atom. The van der Waals surface area contributed by atoms with E-state index in [4.69, 9.17) is 9.84 Å². The molecule has 0 spiro atoms. The van der Waals surface area contributed by atoms with Gasteiger partial charge in [-0.25, -0.2) is 0 Å². The van der Waals surface area contributed by atoms with Crippen molar-refractivity contribution in [1.29, 1.82) is 0 Å². The Balaban J connectivity index is 1.91. The van der Waals surface area contributed by atoms with E-state index in [1.165, 1.54) is 5.56 Å². The van der Waals surface area contributed by atoms with E-state index in [0.29, 0.717) is 6.61 Å². The van der Waals surface area contributed by atoms with Gasteiger partial charge in [-0.15, -0.1) is 0 Å². The number of ether oxygens (including phenoxy) is 1. The predicted octanol–water partition coefficient (Wildman–Crippen LogP) is 2.40. The first-order valence-corrected chi connectivity index (χ1v) is 5.51. The molecule has 1 aromatic carbocycles. The van der Waals surface area contributed by atoms with Crippen molar-refractivity contribution >= 4 is 5.97 Å². The summed E-state index contributed by atoms with van der Waals surface area (Å²) in [6, 6.07) is 5.93. The summed E-state index contributed by atoms with van der Waals surface area (Å²) in [5.74, 6) is 0.174. The zero-order valence-corrected chi connectivity index (χ0v) is 9.56. The molecule has 0 aliphatic heterocycles. The minimum atomic E-state index is -0.699. The van der Waals surface area contributed by atoms with Crippen molar-refractivity contribution in [2.45, 2.75) is 20.3 Å². The number of benzene rings is 1. The van der Waals surface area contributed by atoms with Crippen molar-refractivity contribution < 1.29 is 14.6 Å². The van der Waals surface area contributed by atoms with Gasteiger partial charge in [0.2, 0.25) is 0 Å². The van der Waals surface area contributed by atoms with Crippen molar-refractivity contribution in [3.05, 3.63) is 29.3 Å². The van der Waals surface area contributed by atoms with Crippen LogP contribution < -0.4 is 4.74 Å². The molecule has 1 fully saturated rings.